The molecule has 0 spiro atoms. The molecule has 0 bridgehead atoms. The van der Waals surface area contributed by atoms with E-state index in [1.165, 1.54) is 46.7 Å². The average molecular weight is 329 g/mol. The Kier molecular flexibility index (Phi) is 5.86. The molecule has 1 fully saturated rings. The van der Waals surface area contributed by atoms with E-state index in [1.54, 1.807) is 0 Å². The number of hydrogen-bond donors (Lipinski definition) is 1. The van der Waals surface area contributed by atoms with E-state index < -0.39 is 0 Å². The number of hydrogen-bond acceptors (Lipinski definition) is 3. The zero-order valence-corrected chi connectivity index (χ0v) is 13.3. The molecule has 0 aliphatic carbocycles. The molecule has 0 atom stereocenters. The molecule has 0 unspecified atom stereocenters. The van der Waals surface area contributed by atoms with Crippen molar-refractivity contribution in [2.24, 2.45) is 0 Å². The number of rotatable bonds is 4. The largest absolute Gasteiger partial charge is 0.371 e. The molecule has 0 saturated carbocycles. The number of anilines is 1. The fourth-order valence-corrected chi connectivity index (χ4v) is 3.53. The van der Waals surface area contributed by atoms with Gasteiger partial charge in [-0.15, -0.1) is 0 Å². The summed E-state index contributed by atoms with van der Waals surface area (Å²) in [5, 5.41) is 3.37. The zero-order valence-electron chi connectivity index (χ0n) is 10.9. The van der Waals surface area contributed by atoms with Crippen LogP contribution < -0.4 is 10.2 Å². The molecule has 1 aromatic carbocycles. The van der Waals surface area contributed by atoms with Gasteiger partial charge in [-0.3, -0.25) is 0 Å². The number of benzene rings is 1. The van der Waals surface area contributed by atoms with Crippen LogP contribution in [0, 0.1) is 0 Å². The molecule has 0 radical (unpaired) electrons. The molecule has 2 rings (SSSR count). The van der Waals surface area contributed by atoms with Crippen LogP contribution in [0.25, 0.3) is 0 Å². The van der Waals surface area contributed by atoms with Gasteiger partial charge in [-0.1, -0.05) is 28.9 Å². The molecule has 0 aromatic heterocycles. The summed E-state index contributed by atoms with van der Waals surface area (Å²) in [5.74, 6) is 2.55. The van der Waals surface area contributed by atoms with Crippen molar-refractivity contribution in [2.45, 2.75) is 19.9 Å². The van der Waals surface area contributed by atoms with Gasteiger partial charge in [-0.05, 0) is 36.4 Å². The molecule has 1 aromatic rings. The fourth-order valence-electron chi connectivity index (χ4n) is 2.14. The Hall–Kier alpha value is -0.190. The van der Waals surface area contributed by atoms with Gasteiger partial charge in [0.1, 0.15) is 0 Å². The topological polar surface area (TPSA) is 15.3 Å². The van der Waals surface area contributed by atoms with E-state index in [0.717, 1.165) is 13.1 Å². The Morgan fingerprint density at radius 1 is 1.33 bits per heavy atom. The van der Waals surface area contributed by atoms with Gasteiger partial charge < -0.3 is 10.2 Å². The molecule has 1 aliphatic heterocycles. The predicted molar refractivity (Wildman–Crippen MR) is 85.7 cm³/mol. The van der Waals surface area contributed by atoms with Crippen molar-refractivity contribution < 1.29 is 0 Å². The molecule has 2 nitrogen and oxygen atoms in total. The minimum Gasteiger partial charge on any atom is -0.371 e. The van der Waals surface area contributed by atoms with Gasteiger partial charge >= 0.3 is 0 Å². The standard InChI is InChI=1S/C14H21BrN2S/c1-2-16-11-12-4-5-13(10-14(12)15)17-6-3-8-18-9-7-17/h4-5,10,16H,2-3,6-9,11H2,1H3. The zero-order chi connectivity index (χ0) is 12.8. The summed E-state index contributed by atoms with van der Waals surface area (Å²) in [4.78, 5) is 2.50. The van der Waals surface area contributed by atoms with Gasteiger partial charge in [0.05, 0.1) is 0 Å². The second-order valence-corrected chi connectivity index (χ2v) is 6.59. The van der Waals surface area contributed by atoms with Crippen molar-refractivity contribution in [1.29, 1.82) is 0 Å². The first-order chi connectivity index (χ1) is 8.81. The molecule has 4 heteroatoms. The lowest BCUT2D eigenvalue weighted by atomic mass is 10.2. The lowest BCUT2D eigenvalue weighted by molar-refractivity contribution is 0.724. The lowest BCUT2D eigenvalue weighted by Crippen LogP contribution is -2.25. The number of nitrogens with zero attached hydrogens (tertiary/aromatic N) is 1. The van der Waals surface area contributed by atoms with E-state index in [0.29, 0.717) is 0 Å². The summed E-state index contributed by atoms with van der Waals surface area (Å²) < 4.78 is 1.22. The van der Waals surface area contributed by atoms with Crippen LogP contribution in [0.4, 0.5) is 5.69 Å². The van der Waals surface area contributed by atoms with Gasteiger partial charge in [-0.25, -0.2) is 0 Å². The van der Waals surface area contributed by atoms with Gasteiger partial charge in [-0.2, -0.15) is 11.8 Å². The molecule has 18 heavy (non-hydrogen) atoms. The van der Waals surface area contributed by atoms with E-state index in [4.69, 9.17) is 0 Å². The number of halogens is 1. The third-order valence-corrected chi connectivity index (χ3v) is 4.98. The Morgan fingerprint density at radius 3 is 3.00 bits per heavy atom. The maximum Gasteiger partial charge on any atom is 0.0378 e. The summed E-state index contributed by atoms with van der Waals surface area (Å²) >= 11 is 5.76. The highest BCUT2D eigenvalue weighted by Gasteiger charge is 2.11. The maximum absolute atomic E-state index is 3.69. The average Bonchev–Trinajstić information content (AvgIpc) is 2.66. The Morgan fingerprint density at radius 2 is 2.22 bits per heavy atom. The summed E-state index contributed by atoms with van der Waals surface area (Å²) in [5.41, 5.74) is 2.69. The Bertz CT molecular complexity index is 376. The van der Waals surface area contributed by atoms with Crippen LogP contribution >= 0.6 is 27.7 Å². The lowest BCUT2D eigenvalue weighted by Gasteiger charge is -2.23. The molecular formula is C14H21BrN2S. The molecule has 1 N–H and O–H groups in total. The Labute approximate surface area is 123 Å². The second kappa shape index (κ2) is 7.41. The van der Waals surface area contributed by atoms with Crippen molar-refractivity contribution in [3.63, 3.8) is 0 Å². The maximum atomic E-state index is 3.69. The van der Waals surface area contributed by atoms with Crippen molar-refractivity contribution in [1.82, 2.24) is 5.32 Å². The molecule has 100 valence electrons. The normalized spacial score (nSPS) is 16.7. The van der Waals surface area contributed by atoms with Gasteiger partial charge in [0, 0.05) is 35.5 Å². The van der Waals surface area contributed by atoms with E-state index in [-0.39, 0.29) is 0 Å². The minimum atomic E-state index is 0.938. The monoisotopic (exact) mass is 328 g/mol. The molecule has 1 heterocycles. The van der Waals surface area contributed by atoms with Crippen LogP contribution in [0.1, 0.15) is 18.9 Å². The van der Waals surface area contributed by atoms with Crippen LogP contribution in [-0.4, -0.2) is 31.1 Å². The quantitative estimate of drug-likeness (QED) is 0.910. The first-order valence-corrected chi connectivity index (χ1v) is 8.58. The first kappa shape index (κ1) is 14.2. The summed E-state index contributed by atoms with van der Waals surface area (Å²) in [6.45, 7) is 6.44. The smallest absolute Gasteiger partial charge is 0.0378 e. The molecule has 1 aliphatic rings. The van der Waals surface area contributed by atoms with E-state index >= 15 is 0 Å². The van der Waals surface area contributed by atoms with Crippen LogP contribution in [0.15, 0.2) is 22.7 Å². The summed E-state index contributed by atoms with van der Waals surface area (Å²) in [6, 6.07) is 6.76. The number of nitrogens with one attached hydrogen (secondary N) is 1. The minimum absolute atomic E-state index is 0.938. The molecular weight excluding hydrogens is 308 g/mol. The predicted octanol–water partition coefficient (Wildman–Crippen LogP) is 3.50. The van der Waals surface area contributed by atoms with Gasteiger partial charge in [0.25, 0.3) is 0 Å². The Balaban J connectivity index is 2.06. The third kappa shape index (κ3) is 3.90. The van der Waals surface area contributed by atoms with Gasteiger partial charge in [0.15, 0.2) is 0 Å². The van der Waals surface area contributed by atoms with E-state index in [9.17, 15) is 0 Å². The van der Waals surface area contributed by atoms with E-state index in [2.05, 4.69) is 63.0 Å². The van der Waals surface area contributed by atoms with Crippen LogP contribution in [-0.2, 0) is 6.54 Å². The third-order valence-electron chi connectivity index (χ3n) is 3.19. The van der Waals surface area contributed by atoms with Crippen molar-refractivity contribution in [3.05, 3.63) is 28.2 Å². The van der Waals surface area contributed by atoms with Crippen molar-refractivity contribution in [3.8, 4) is 0 Å². The van der Waals surface area contributed by atoms with Crippen molar-refractivity contribution >= 4 is 33.4 Å². The van der Waals surface area contributed by atoms with Crippen LogP contribution in [0.2, 0.25) is 0 Å². The SMILES string of the molecule is CCNCc1ccc(N2CCCSCC2)cc1Br. The van der Waals surface area contributed by atoms with Crippen LogP contribution in [0.5, 0.6) is 0 Å². The van der Waals surface area contributed by atoms with E-state index in [1.807, 2.05) is 0 Å². The second-order valence-electron chi connectivity index (χ2n) is 4.51. The van der Waals surface area contributed by atoms with Crippen molar-refractivity contribution in [2.75, 3.05) is 36.0 Å². The number of thioether (sulfide) groups is 1. The first-order valence-electron chi connectivity index (χ1n) is 6.63. The highest BCUT2D eigenvalue weighted by Crippen LogP contribution is 2.26. The molecule has 0 amide bonds. The van der Waals surface area contributed by atoms with Crippen LogP contribution in [0.3, 0.4) is 0 Å². The van der Waals surface area contributed by atoms with Gasteiger partial charge in [0.2, 0.25) is 0 Å². The highest BCUT2D eigenvalue weighted by molar-refractivity contribution is 9.10. The summed E-state index contributed by atoms with van der Waals surface area (Å²) in [7, 11) is 0. The highest BCUT2D eigenvalue weighted by atomic mass is 79.9. The fraction of sp³-hybridized carbons (Fsp3) is 0.571. The molecule has 1 saturated heterocycles. The summed E-state index contributed by atoms with van der Waals surface area (Å²) in [6.07, 6.45) is 1.29.